The summed E-state index contributed by atoms with van der Waals surface area (Å²) in [6.07, 6.45) is 1.47. The molecule has 1 unspecified atom stereocenters. The maximum Gasteiger partial charge on any atom is 0.324 e. The Morgan fingerprint density at radius 1 is 1.41 bits per heavy atom. The lowest BCUT2D eigenvalue weighted by Gasteiger charge is -2.24. The summed E-state index contributed by atoms with van der Waals surface area (Å²) in [4.78, 5) is 26.4. The summed E-state index contributed by atoms with van der Waals surface area (Å²) in [7, 11) is -3.53. The van der Waals surface area contributed by atoms with Crippen LogP contribution in [0.3, 0.4) is 0 Å². The minimum Gasteiger partial charge on any atom is -0.454 e. The SMILES string of the molecule is CCCS(=O)(=O)N1CCCC1C(=O)OCC(=O)N(CCC#N)c1cccc(Cl)c1. The maximum absolute atomic E-state index is 12.6. The van der Waals surface area contributed by atoms with E-state index in [1.807, 2.05) is 6.07 Å². The van der Waals surface area contributed by atoms with Crippen LogP contribution in [0.4, 0.5) is 5.69 Å². The summed E-state index contributed by atoms with van der Waals surface area (Å²) in [5, 5.41) is 9.28. The first-order valence-electron chi connectivity index (χ1n) is 9.39. The molecular weight excluding hydrogens is 418 g/mol. The summed E-state index contributed by atoms with van der Waals surface area (Å²) in [6.45, 7) is 1.60. The lowest BCUT2D eigenvalue weighted by atomic mass is 10.2. The number of esters is 1. The van der Waals surface area contributed by atoms with Crippen LogP contribution in [0.2, 0.25) is 5.02 Å². The predicted octanol–water partition coefficient (Wildman–Crippen LogP) is 2.33. The summed E-state index contributed by atoms with van der Waals surface area (Å²) >= 11 is 5.97. The first-order valence-corrected chi connectivity index (χ1v) is 11.4. The topological polar surface area (TPSA) is 108 Å². The normalized spacial score (nSPS) is 16.9. The second-order valence-corrected chi connectivity index (χ2v) is 9.10. The number of nitrogens with zero attached hydrogens (tertiary/aromatic N) is 3. The molecule has 0 spiro atoms. The average molecular weight is 442 g/mol. The second kappa shape index (κ2) is 10.6. The zero-order valence-electron chi connectivity index (χ0n) is 16.2. The van der Waals surface area contributed by atoms with Gasteiger partial charge in [-0.05, 0) is 37.5 Å². The molecule has 0 radical (unpaired) electrons. The number of nitriles is 1. The zero-order valence-corrected chi connectivity index (χ0v) is 17.8. The van der Waals surface area contributed by atoms with Crippen molar-refractivity contribution in [3.63, 3.8) is 0 Å². The van der Waals surface area contributed by atoms with Crippen LogP contribution in [-0.2, 0) is 24.3 Å². The highest BCUT2D eigenvalue weighted by Gasteiger charge is 2.39. The molecule has 158 valence electrons. The van der Waals surface area contributed by atoms with Gasteiger partial charge in [0, 0.05) is 23.8 Å². The van der Waals surface area contributed by atoms with Gasteiger partial charge in [-0.3, -0.25) is 9.59 Å². The van der Waals surface area contributed by atoms with Crippen LogP contribution in [0, 0.1) is 11.3 Å². The van der Waals surface area contributed by atoms with E-state index in [-0.39, 0.29) is 25.3 Å². The highest BCUT2D eigenvalue weighted by atomic mass is 35.5. The Labute approximate surface area is 176 Å². The standard InChI is InChI=1S/C19H24ClN3O5S/c1-2-12-29(26,27)23-11-4-8-17(23)19(25)28-14-18(24)22(10-5-9-21)16-7-3-6-15(20)13-16/h3,6-7,13,17H,2,4-5,8,10-12,14H2,1H3. The molecule has 1 heterocycles. The van der Waals surface area contributed by atoms with E-state index in [1.165, 1.54) is 9.21 Å². The third-order valence-corrected chi connectivity index (χ3v) is 6.81. The lowest BCUT2D eigenvalue weighted by Crippen LogP contribution is -2.43. The molecule has 8 nitrogen and oxygen atoms in total. The zero-order chi connectivity index (χ0) is 21.4. The number of benzene rings is 1. The van der Waals surface area contributed by atoms with Gasteiger partial charge in [0.2, 0.25) is 10.0 Å². The number of halogens is 1. The van der Waals surface area contributed by atoms with Crippen molar-refractivity contribution >= 4 is 39.2 Å². The van der Waals surface area contributed by atoms with Gasteiger partial charge in [-0.1, -0.05) is 24.6 Å². The minimum atomic E-state index is -3.53. The molecule has 1 aromatic carbocycles. The molecule has 0 aromatic heterocycles. The van der Waals surface area contributed by atoms with E-state index in [2.05, 4.69) is 0 Å². The van der Waals surface area contributed by atoms with E-state index < -0.39 is 34.5 Å². The molecule has 0 bridgehead atoms. The van der Waals surface area contributed by atoms with Crippen molar-refractivity contribution in [1.29, 1.82) is 5.26 Å². The quantitative estimate of drug-likeness (QED) is 0.544. The molecule has 10 heteroatoms. The Bertz CT molecular complexity index is 884. The summed E-state index contributed by atoms with van der Waals surface area (Å²) < 4.78 is 31.0. The molecule has 1 fully saturated rings. The van der Waals surface area contributed by atoms with E-state index >= 15 is 0 Å². The number of carbonyl (C=O) groups is 2. The highest BCUT2D eigenvalue weighted by Crippen LogP contribution is 2.23. The van der Waals surface area contributed by atoms with Crippen LogP contribution in [0.25, 0.3) is 0 Å². The van der Waals surface area contributed by atoms with Gasteiger partial charge in [0.15, 0.2) is 6.61 Å². The van der Waals surface area contributed by atoms with Crippen molar-refractivity contribution < 1.29 is 22.7 Å². The van der Waals surface area contributed by atoms with Crippen LogP contribution in [-0.4, -0.2) is 56.1 Å². The lowest BCUT2D eigenvalue weighted by molar-refractivity contribution is -0.151. The van der Waals surface area contributed by atoms with E-state index in [9.17, 15) is 18.0 Å². The predicted molar refractivity (Wildman–Crippen MR) is 109 cm³/mol. The van der Waals surface area contributed by atoms with Gasteiger partial charge in [-0.25, -0.2) is 8.42 Å². The number of sulfonamides is 1. The van der Waals surface area contributed by atoms with Gasteiger partial charge in [0.1, 0.15) is 6.04 Å². The highest BCUT2D eigenvalue weighted by molar-refractivity contribution is 7.89. The van der Waals surface area contributed by atoms with Crippen LogP contribution in [0.5, 0.6) is 0 Å². The fourth-order valence-electron chi connectivity index (χ4n) is 3.19. The maximum atomic E-state index is 12.6. The number of hydrogen-bond acceptors (Lipinski definition) is 6. The molecular formula is C19H24ClN3O5S. The minimum absolute atomic E-state index is 0.0353. The fourth-order valence-corrected chi connectivity index (χ4v) is 5.12. The second-order valence-electron chi connectivity index (χ2n) is 6.63. The van der Waals surface area contributed by atoms with E-state index in [4.69, 9.17) is 21.6 Å². The summed E-state index contributed by atoms with van der Waals surface area (Å²) in [5.41, 5.74) is 0.488. The van der Waals surface area contributed by atoms with Crippen LogP contribution in [0.1, 0.15) is 32.6 Å². The molecule has 1 aliphatic heterocycles. The molecule has 1 atom stereocenters. The Morgan fingerprint density at radius 3 is 2.83 bits per heavy atom. The Morgan fingerprint density at radius 2 is 2.17 bits per heavy atom. The molecule has 0 saturated carbocycles. The monoisotopic (exact) mass is 441 g/mol. The molecule has 1 saturated heterocycles. The Balaban J connectivity index is 2.05. The van der Waals surface area contributed by atoms with Crippen molar-refractivity contribution in [3.05, 3.63) is 29.3 Å². The summed E-state index contributed by atoms with van der Waals surface area (Å²) in [5.74, 6) is -1.29. The van der Waals surface area contributed by atoms with Crippen molar-refractivity contribution in [2.24, 2.45) is 0 Å². The Hall–Kier alpha value is -2.15. The van der Waals surface area contributed by atoms with Gasteiger partial charge in [-0.2, -0.15) is 9.57 Å². The number of amides is 1. The van der Waals surface area contributed by atoms with Crippen LogP contribution >= 0.6 is 11.6 Å². The van der Waals surface area contributed by atoms with Crippen molar-refractivity contribution in [1.82, 2.24) is 4.31 Å². The van der Waals surface area contributed by atoms with Crippen LogP contribution < -0.4 is 4.90 Å². The third-order valence-electron chi connectivity index (χ3n) is 4.50. The van der Waals surface area contributed by atoms with E-state index in [1.54, 1.807) is 31.2 Å². The van der Waals surface area contributed by atoms with Crippen molar-refractivity contribution in [2.45, 2.75) is 38.6 Å². The smallest absolute Gasteiger partial charge is 0.324 e. The van der Waals surface area contributed by atoms with Gasteiger partial charge >= 0.3 is 5.97 Å². The van der Waals surface area contributed by atoms with Gasteiger partial charge in [0.25, 0.3) is 5.91 Å². The molecule has 29 heavy (non-hydrogen) atoms. The summed E-state index contributed by atoms with van der Waals surface area (Å²) in [6, 6.07) is 7.64. The number of ether oxygens (including phenoxy) is 1. The Kier molecular flexibility index (Phi) is 8.44. The van der Waals surface area contributed by atoms with Crippen molar-refractivity contribution in [2.75, 3.05) is 30.3 Å². The molecule has 1 aromatic rings. The molecule has 0 N–H and O–H groups in total. The first-order chi connectivity index (χ1) is 13.8. The first kappa shape index (κ1) is 23.1. The van der Waals surface area contributed by atoms with Crippen molar-refractivity contribution in [3.8, 4) is 6.07 Å². The number of hydrogen-bond donors (Lipinski definition) is 0. The van der Waals surface area contributed by atoms with Gasteiger partial charge < -0.3 is 9.64 Å². The number of rotatable bonds is 9. The number of anilines is 1. The largest absolute Gasteiger partial charge is 0.454 e. The molecule has 0 aliphatic carbocycles. The average Bonchev–Trinajstić information content (AvgIpc) is 3.17. The van der Waals surface area contributed by atoms with Gasteiger partial charge in [0.05, 0.1) is 18.2 Å². The van der Waals surface area contributed by atoms with Crippen LogP contribution in [0.15, 0.2) is 24.3 Å². The van der Waals surface area contributed by atoms with E-state index in [0.29, 0.717) is 30.0 Å². The van der Waals surface area contributed by atoms with E-state index in [0.717, 1.165) is 0 Å². The molecule has 1 amide bonds. The molecule has 1 aliphatic rings. The molecule has 2 rings (SSSR count). The van der Waals surface area contributed by atoms with Gasteiger partial charge in [-0.15, -0.1) is 0 Å². The number of carbonyl (C=O) groups excluding carboxylic acids is 2. The fraction of sp³-hybridized carbons (Fsp3) is 0.526. The third kappa shape index (κ3) is 6.16.